The molecule has 0 saturated carbocycles. The normalized spacial score (nSPS) is 18.3. The van der Waals surface area contributed by atoms with Crippen molar-refractivity contribution in [3.63, 3.8) is 0 Å². The van der Waals surface area contributed by atoms with Gasteiger partial charge in [0, 0.05) is 0 Å². The second kappa shape index (κ2) is 8.59. The van der Waals surface area contributed by atoms with E-state index in [0.717, 1.165) is 17.0 Å². The van der Waals surface area contributed by atoms with Gasteiger partial charge in [-0.15, -0.1) is 0 Å². The summed E-state index contributed by atoms with van der Waals surface area (Å²) in [5.41, 5.74) is 8.67. The first-order chi connectivity index (χ1) is 18.9. The van der Waals surface area contributed by atoms with E-state index in [2.05, 4.69) is 155 Å². The molecule has 2 aliphatic rings. The second-order valence-electron chi connectivity index (χ2n) is 17.8. The Hall–Kier alpha value is -2.38. The average molecular weight is 711 g/mol. The summed E-state index contributed by atoms with van der Waals surface area (Å²) < 4.78 is 14.4. The van der Waals surface area contributed by atoms with Crippen LogP contribution in [0.3, 0.4) is 0 Å². The van der Waals surface area contributed by atoms with Crippen LogP contribution in [-0.2, 0) is 25.9 Å². The van der Waals surface area contributed by atoms with Crippen molar-refractivity contribution in [1.82, 2.24) is 0 Å². The maximum absolute atomic E-state index is 5.91. The molecule has 0 fully saturated rings. The van der Waals surface area contributed by atoms with Gasteiger partial charge in [0.1, 0.15) is 0 Å². The van der Waals surface area contributed by atoms with Crippen molar-refractivity contribution >= 4 is 7.58 Å². The van der Waals surface area contributed by atoms with Gasteiger partial charge in [0.2, 0.25) is 0 Å². The number of unbranched alkanes of at least 4 members (excludes halogenated alkanes) is 1. The van der Waals surface area contributed by atoms with Crippen LogP contribution < -0.4 is 3.32 Å². The number of benzene rings is 3. The first-order valence-corrected chi connectivity index (χ1v) is 33.9. The predicted molar refractivity (Wildman–Crippen MR) is 182 cm³/mol. The zero-order valence-electron chi connectivity index (χ0n) is 26.9. The fraction of sp³-hybridized carbons (Fsp3) is 0.375. The summed E-state index contributed by atoms with van der Waals surface area (Å²) in [6.07, 6.45) is 13.7. The van der Waals surface area contributed by atoms with E-state index in [4.69, 9.17) is 4.26 Å². The summed E-state index contributed by atoms with van der Waals surface area (Å²) in [6.45, 7) is 18.2. The van der Waals surface area contributed by atoms with Gasteiger partial charge in [-0.3, -0.25) is 0 Å². The van der Waals surface area contributed by atoms with Crippen LogP contribution in [0.2, 0.25) is 17.2 Å². The molecule has 3 aromatic carbocycles. The Labute approximate surface area is 244 Å². The van der Waals surface area contributed by atoms with E-state index in [9.17, 15) is 0 Å². The molecule has 0 aliphatic heterocycles. The molecule has 0 unspecified atom stereocenters. The van der Waals surface area contributed by atoms with E-state index in [1.807, 2.05) is 0 Å². The van der Waals surface area contributed by atoms with Gasteiger partial charge < -0.3 is 0 Å². The number of allylic oxidation sites excluding steroid dienone is 5. The molecule has 0 N–H and O–H groups in total. The Morgan fingerprint density at radius 2 is 1.22 bits per heavy atom. The first kappa shape index (κ1) is 30.1. The molecule has 0 aromatic heterocycles. The van der Waals surface area contributed by atoms with E-state index < -0.39 is 15.1 Å². The SMILES string of the molecule is C=CCC[CH2][Hf](=[CH2])([CH3])([CH3])([c]1ccccc1)([CH]1C=CC=C1)[CH]1c2cc(C(C)(C)C)ccc2-c2ccc(C(C)(C)C)cc21. The summed E-state index contributed by atoms with van der Waals surface area (Å²) in [4.78, 5) is 0. The second-order valence-corrected chi connectivity index (χ2v) is 65.3. The summed E-state index contributed by atoms with van der Waals surface area (Å²) >= 11 is -5.70. The molecule has 0 bridgehead atoms. The Morgan fingerprint density at radius 1 is 0.732 bits per heavy atom. The Morgan fingerprint density at radius 3 is 1.66 bits per heavy atom. The van der Waals surface area contributed by atoms with Crippen molar-refractivity contribution in [2.45, 2.75) is 86.1 Å². The number of fused-ring (bicyclic) bond motifs is 3. The number of rotatable bonds is 7. The van der Waals surface area contributed by atoms with E-state index in [-0.39, 0.29) is 18.2 Å². The fourth-order valence-electron chi connectivity index (χ4n) is 9.11. The van der Waals surface area contributed by atoms with E-state index in [1.165, 1.54) is 36.7 Å². The number of hydrogen-bond acceptors (Lipinski definition) is 0. The monoisotopic (exact) mass is 712 g/mol. The molecule has 216 valence electrons. The van der Waals surface area contributed by atoms with Gasteiger partial charge in [0.15, 0.2) is 0 Å². The zero-order chi connectivity index (χ0) is 30.0. The van der Waals surface area contributed by atoms with E-state index in [1.54, 1.807) is 0 Å². The van der Waals surface area contributed by atoms with Crippen molar-refractivity contribution in [3.8, 4) is 11.1 Å². The van der Waals surface area contributed by atoms with Crippen LogP contribution in [0.5, 0.6) is 0 Å². The molecule has 0 heterocycles. The van der Waals surface area contributed by atoms with Gasteiger partial charge in [-0.05, 0) is 0 Å². The first-order valence-electron chi connectivity index (χ1n) is 15.7. The summed E-state index contributed by atoms with van der Waals surface area (Å²) in [6, 6.07) is 26.3. The third-order valence-electron chi connectivity index (χ3n) is 12.1. The van der Waals surface area contributed by atoms with Crippen LogP contribution >= 0.6 is 0 Å². The molecular formula is C40H52Hf. The predicted octanol–water partition coefficient (Wildman–Crippen LogP) is 11.3. The van der Waals surface area contributed by atoms with Gasteiger partial charge in [-0.25, -0.2) is 0 Å². The molecule has 3 aromatic rings. The van der Waals surface area contributed by atoms with Crippen molar-refractivity contribution < 1.29 is 15.1 Å². The summed E-state index contributed by atoms with van der Waals surface area (Å²) in [5, 5.41) is 0. The third kappa shape index (κ3) is 4.12. The fourth-order valence-corrected chi connectivity index (χ4v) is 47.5. The molecule has 41 heavy (non-hydrogen) atoms. The van der Waals surface area contributed by atoms with E-state index >= 15 is 0 Å². The summed E-state index contributed by atoms with van der Waals surface area (Å²) in [5.74, 6) is 0. The van der Waals surface area contributed by atoms with Crippen molar-refractivity contribution in [2.24, 2.45) is 0 Å². The minimum absolute atomic E-state index is 0.0563. The van der Waals surface area contributed by atoms with Crippen LogP contribution in [-0.4, -0.2) is 4.26 Å². The zero-order valence-corrected chi connectivity index (χ0v) is 30.5. The molecule has 0 amide bonds. The van der Waals surface area contributed by atoms with Crippen LogP contribution in [0.4, 0.5) is 0 Å². The van der Waals surface area contributed by atoms with Gasteiger partial charge >= 0.3 is 246 Å². The maximum atomic E-state index is 5.91. The Balaban J connectivity index is 2.04. The molecule has 0 radical (unpaired) electrons. The van der Waals surface area contributed by atoms with Gasteiger partial charge in [-0.1, -0.05) is 0 Å². The van der Waals surface area contributed by atoms with Gasteiger partial charge in [0.05, 0.1) is 0 Å². The van der Waals surface area contributed by atoms with Crippen molar-refractivity contribution in [2.75, 3.05) is 0 Å². The molecule has 0 atom stereocenters. The topological polar surface area (TPSA) is 0 Å². The Kier molecular flexibility index (Phi) is 6.31. The molecule has 1 heteroatoms. The average Bonchev–Trinajstić information content (AvgIpc) is 3.57. The molecular weight excluding hydrogens is 659 g/mol. The van der Waals surface area contributed by atoms with Crippen LogP contribution in [0.15, 0.2) is 104 Å². The molecule has 0 nitrogen and oxygen atoms in total. The third-order valence-corrected chi connectivity index (χ3v) is 55.5. The molecule has 0 saturated heterocycles. The van der Waals surface area contributed by atoms with Crippen LogP contribution in [0.25, 0.3) is 11.1 Å². The van der Waals surface area contributed by atoms with E-state index in [0.29, 0.717) is 0 Å². The van der Waals surface area contributed by atoms with Gasteiger partial charge in [-0.2, -0.15) is 0 Å². The van der Waals surface area contributed by atoms with Crippen LogP contribution in [0.1, 0.15) is 80.3 Å². The van der Waals surface area contributed by atoms with Crippen molar-refractivity contribution in [3.05, 3.63) is 126 Å². The van der Waals surface area contributed by atoms with Gasteiger partial charge in [0.25, 0.3) is 0 Å². The number of hydrogen-bond donors (Lipinski definition) is 0. The summed E-state index contributed by atoms with van der Waals surface area (Å²) in [7, 11) is 0. The molecule has 2 aliphatic carbocycles. The molecule has 0 spiro atoms. The standard InChI is InChI=1S/C21H25.C6H5.C5H5.C5H9.2CH3.CH2.Hf/c1-20(2,3)16-7-9-18-14(12-16)11-15-13-17(21(4,5)6)8-10-19(15)18;1-2-4-6-5-3-1;1-2-4-5-3-1;1-3-5-4-2;;;;/h7-13H,1-6H3;1-5H;1-5H;3H,1-2,4-5H2;2*1H3;1H2;. The van der Waals surface area contributed by atoms with Crippen LogP contribution in [0, 0.1) is 0 Å². The van der Waals surface area contributed by atoms with Crippen molar-refractivity contribution in [1.29, 1.82) is 0 Å². The quantitative estimate of drug-likeness (QED) is 0.130. The Bertz CT molecular complexity index is 1640. The molecule has 5 rings (SSSR count). The minimum atomic E-state index is -5.70.